The fraction of sp³-hybridized carbons (Fsp3) is 0.417. The molecule has 76 valence electrons. The molecule has 1 aromatic carbocycles. The summed E-state index contributed by atoms with van der Waals surface area (Å²) in [6.07, 6.45) is 2.56. The minimum Gasteiger partial charge on any atom is -0.497 e. The second-order valence-corrected chi connectivity index (χ2v) is 3.56. The molecule has 0 aliphatic heterocycles. The van der Waals surface area contributed by atoms with Crippen LogP contribution in [0.4, 0.5) is 0 Å². The van der Waals surface area contributed by atoms with Crippen LogP contribution in [0.2, 0.25) is 0 Å². The smallest absolute Gasteiger partial charge is 0.120 e. The monoisotopic (exact) mass is 192 g/mol. The van der Waals surface area contributed by atoms with E-state index in [1.165, 1.54) is 5.56 Å². The summed E-state index contributed by atoms with van der Waals surface area (Å²) >= 11 is 0. The van der Waals surface area contributed by atoms with Crippen LogP contribution in [0.3, 0.4) is 0 Å². The zero-order chi connectivity index (χ0) is 10.4. The first-order chi connectivity index (χ1) is 6.76. The van der Waals surface area contributed by atoms with Gasteiger partial charge in [0.05, 0.1) is 7.11 Å². The molecule has 0 aromatic heterocycles. The second-order valence-electron chi connectivity index (χ2n) is 3.56. The summed E-state index contributed by atoms with van der Waals surface area (Å²) in [5.74, 6) is 1.29. The molecule has 2 heteroatoms. The van der Waals surface area contributed by atoms with E-state index in [-0.39, 0.29) is 0 Å². The first-order valence-electron chi connectivity index (χ1n) is 4.83. The Morgan fingerprint density at radius 3 is 2.50 bits per heavy atom. The number of methoxy groups -OCH3 is 1. The first kappa shape index (κ1) is 10.8. The Morgan fingerprint density at radius 1 is 1.36 bits per heavy atom. The van der Waals surface area contributed by atoms with Gasteiger partial charge in [-0.3, -0.25) is 0 Å². The number of benzene rings is 1. The minimum absolute atomic E-state index is 0.417. The van der Waals surface area contributed by atoms with Gasteiger partial charge in [0.15, 0.2) is 0 Å². The third-order valence-electron chi connectivity index (χ3n) is 2.24. The average molecular weight is 192 g/mol. The van der Waals surface area contributed by atoms with Crippen molar-refractivity contribution in [2.45, 2.75) is 19.8 Å². The summed E-state index contributed by atoms with van der Waals surface area (Å²) < 4.78 is 5.07. The van der Waals surface area contributed by atoms with Crippen molar-refractivity contribution in [3.63, 3.8) is 0 Å². The predicted octanol–water partition coefficient (Wildman–Crippen LogP) is 2.46. The van der Waals surface area contributed by atoms with E-state index in [1.807, 2.05) is 24.3 Å². The summed E-state index contributed by atoms with van der Waals surface area (Å²) in [5, 5.41) is 0. The number of aldehydes is 1. The van der Waals surface area contributed by atoms with Gasteiger partial charge in [0.2, 0.25) is 0 Å². The number of hydrogen-bond donors (Lipinski definition) is 0. The van der Waals surface area contributed by atoms with Crippen LogP contribution < -0.4 is 4.74 Å². The molecule has 0 saturated heterocycles. The molecule has 0 unspecified atom stereocenters. The Kier molecular flexibility index (Phi) is 4.17. The Bertz CT molecular complexity index is 277. The molecule has 1 aromatic rings. The van der Waals surface area contributed by atoms with Crippen molar-refractivity contribution in [1.29, 1.82) is 0 Å². The van der Waals surface area contributed by atoms with Crippen molar-refractivity contribution < 1.29 is 9.53 Å². The van der Waals surface area contributed by atoms with Gasteiger partial charge in [-0.1, -0.05) is 19.1 Å². The lowest BCUT2D eigenvalue weighted by atomic mass is 9.99. The largest absolute Gasteiger partial charge is 0.497 e. The van der Waals surface area contributed by atoms with Gasteiger partial charge >= 0.3 is 0 Å². The molecule has 0 spiro atoms. The van der Waals surface area contributed by atoms with Crippen molar-refractivity contribution in [3.05, 3.63) is 29.8 Å². The molecule has 0 N–H and O–H groups in total. The number of carbonyl (C=O) groups is 1. The van der Waals surface area contributed by atoms with Crippen LogP contribution in [0.1, 0.15) is 18.9 Å². The normalized spacial score (nSPS) is 12.1. The molecular weight excluding hydrogens is 176 g/mol. The molecule has 0 saturated carbocycles. The summed E-state index contributed by atoms with van der Waals surface area (Å²) in [5.41, 5.74) is 1.25. The van der Waals surface area contributed by atoms with Crippen molar-refractivity contribution >= 4 is 6.29 Å². The zero-order valence-electron chi connectivity index (χ0n) is 8.69. The van der Waals surface area contributed by atoms with Crippen molar-refractivity contribution in [2.75, 3.05) is 7.11 Å². The van der Waals surface area contributed by atoms with Gasteiger partial charge in [-0.05, 0) is 30.0 Å². The average Bonchev–Trinajstić information content (AvgIpc) is 2.19. The van der Waals surface area contributed by atoms with Crippen LogP contribution in [-0.4, -0.2) is 13.4 Å². The van der Waals surface area contributed by atoms with E-state index < -0.39 is 0 Å². The van der Waals surface area contributed by atoms with E-state index in [2.05, 4.69) is 6.92 Å². The fourth-order valence-corrected chi connectivity index (χ4v) is 1.41. The maximum absolute atomic E-state index is 10.3. The molecule has 0 bridgehead atoms. The Balaban J connectivity index is 2.54. The van der Waals surface area contributed by atoms with Crippen LogP contribution in [0.15, 0.2) is 24.3 Å². The molecule has 14 heavy (non-hydrogen) atoms. The van der Waals surface area contributed by atoms with Crippen LogP contribution >= 0.6 is 0 Å². The molecule has 1 rings (SSSR count). The lowest BCUT2D eigenvalue weighted by Crippen LogP contribution is -2.00. The maximum Gasteiger partial charge on any atom is 0.120 e. The third kappa shape index (κ3) is 3.21. The van der Waals surface area contributed by atoms with Crippen molar-refractivity contribution in [2.24, 2.45) is 5.92 Å². The SMILES string of the molecule is COc1ccc(C[C@H](C)CC=O)cc1. The molecule has 0 aliphatic carbocycles. The van der Waals surface area contributed by atoms with E-state index in [9.17, 15) is 4.79 Å². The Morgan fingerprint density at radius 2 is 2.00 bits per heavy atom. The molecule has 1 atom stereocenters. The van der Waals surface area contributed by atoms with Gasteiger partial charge in [-0.2, -0.15) is 0 Å². The number of ether oxygens (including phenoxy) is 1. The predicted molar refractivity (Wildman–Crippen MR) is 56.5 cm³/mol. The lowest BCUT2D eigenvalue weighted by Gasteiger charge is -2.07. The standard InChI is InChI=1S/C12H16O2/c1-10(7-8-13)9-11-3-5-12(14-2)6-4-11/h3-6,8,10H,7,9H2,1-2H3/t10-/m1/s1. The third-order valence-corrected chi connectivity index (χ3v) is 2.24. The topological polar surface area (TPSA) is 26.3 Å². The molecule has 0 radical (unpaired) electrons. The van der Waals surface area contributed by atoms with Gasteiger partial charge in [-0.25, -0.2) is 0 Å². The van der Waals surface area contributed by atoms with Gasteiger partial charge in [0.25, 0.3) is 0 Å². The van der Waals surface area contributed by atoms with Gasteiger partial charge in [-0.15, -0.1) is 0 Å². The van der Waals surface area contributed by atoms with Crippen LogP contribution in [0, 0.1) is 5.92 Å². The van der Waals surface area contributed by atoms with Crippen LogP contribution in [0.25, 0.3) is 0 Å². The van der Waals surface area contributed by atoms with Crippen molar-refractivity contribution in [1.82, 2.24) is 0 Å². The molecule has 2 nitrogen and oxygen atoms in total. The lowest BCUT2D eigenvalue weighted by molar-refractivity contribution is -0.108. The van der Waals surface area contributed by atoms with Crippen LogP contribution in [0.5, 0.6) is 5.75 Å². The van der Waals surface area contributed by atoms with Gasteiger partial charge in [0, 0.05) is 6.42 Å². The first-order valence-corrected chi connectivity index (χ1v) is 4.83. The zero-order valence-corrected chi connectivity index (χ0v) is 8.69. The van der Waals surface area contributed by atoms with Crippen molar-refractivity contribution in [3.8, 4) is 5.75 Å². The highest BCUT2D eigenvalue weighted by Crippen LogP contribution is 2.15. The summed E-state index contributed by atoms with van der Waals surface area (Å²) in [6, 6.07) is 7.98. The molecule has 0 fully saturated rings. The summed E-state index contributed by atoms with van der Waals surface area (Å²) in [7, 11) is 1.66. The van der Waals surface area contributed by atoms with Crippen LogP contribution in [-0.2, 0) is 11.2 Å². The Labute approximate surface area is 84.9 Å². The van der Waals surface area contributed by atoms with E-state index >= 15 is 0 Å². The summed E-state index contributed by atoms with van der Waals surface area (Å²) in [6.45, 7) is 2.08. The number of rotatable bonds is 5. The fourth-order valence-electron chi connectivity index (χ4n) is 1.41. The van der Waals surface area contributed by atoms with E-state index in [1.54, 1.807) is 7.11 Å². The number of carbonyl (C=O) groups excluding carboxylic acids is 1. The highest BCUT2D eigenvalue weighted by molar-refractivity contribution is 5.49. The highest BCUT2D eigenvalue weighted by atomic mass is 16.5. The minimum atomic E-state index is 0.417. The quantitative estimate of drug-likeness (QED) is 0.670. The van der Waals surface area contributed by atoms with Gasteiger partial charge < -0.3 is 9.53 Å². The van der Waals surface area contributed by atoms with E-state index in [0.717, 1.165) is 18.5 Å². The van der Waals surface area contributed by atoms with E-state index in [4.69, 9.17) is 4.74 Å². The summed E-state index contributed by atoms with van der Waals surface area (Å²) in [4.78, 5) is 10.3. The molecule has 0 heterocycles. The second kappa shape index (κ2) is 5.43. The maximum atomic E-state index is 10.3. The van der Waals surface area contributed by atoms with Gasteiger partial charge in [0.1, 0.15) is 12.0 Å². The van der Waals surface area contributed by atoms with E-state index in [0.29, 0.717) is 12.3 Å². The molecule has 0 aliphatic rings. The highest BCUT2D eigenvalue weighted by Gasteiger charge is 2.02. The molecular formula is C12H16O2. The molecule has 0 amide bonds. The number of hydrogen-bond acceptors (Lipinski definition) is 2. The Hall–Kier alpha value is -1.31.